The van der Waals surface area contributed by atoms with Crippen molar-refractivity contribution in [1.29, 1.82) is 0 Å². The first-order valence-electron chi connectivity index (χ1n) is 10.3. The molecular weight excluding hydrogens is 474 g/mol. The van der Waals surface area contributed by atoms with E-state index in [2.05, 4.69) is 21.9 Å². The molecule has 1 aromatic carbocycles. The van der Waals surface area contributed by atoms with E-state index in [1.807, 2.05) is 0 Å². The number of pyridine rings is 1. The Bertz CT molecular complexity index is 1320. The van der Waals surface area contributed by atoms with E-state index < -0.39 is 40.2 Å². The Labute approximate surface area is 196 Å². The molecule has 0 spiro atoms. The zero-order chi connectivity index (χ0) is 25.9. The van der Waals surface area contributed by atoms with Crippen LogP contribution in [-0.4, -0.2) is 57.2 Å². The van der Waals surface area contributed by atoms with Crippen LogP contribution < -0.4 is 15.6 Å². The molecule has 0 aliphatic rings. The van der Waals surface area contributed by atoms with Crippen LogP contribution in [0.15, 0.2) is 41.7 Å². The maximum absolute atomic E-state index is 14.5. The molecule has 1 amide bonds. The van der Waals surface area contributed by atoms with Crippen molar-refractivity contribution in [2.24, 2.45) is 0 Å². The third-order valence-electron chi connectivity index (χ3n) is 5.06. The van der Waals surface area contributed by atoms with Gasteiger partial charge in [0.15, 0.2) is 5.82 Å². The van der Waals surface area contributed by atoms with E-state index >= 15 is 0 Å². The highest BCUT2D eigenvalue weighted by atomic mass is 19.4. The number of para-hydroxylation sites is 1. The van der Waals surface area contributed by atoms with Gasteiger partial charge in [0.2, 0.25) is 5.91 Å². The van der Waals surface area contributed by atoms with Gasteiger partial charge in [-0.1, -0.05) is 12.6 Å². The summed E-state index contributed by atoms with van der Waals surface area (Å²) in [7, 11) is 1.19. The minimum absolute atomic E-state index is 0.0186. The summed E-state index contributed by atoms with van der Waals surface area (Å²) in [5.74, 6) is -2.63. The van der Waals surface area contributed by atoms with Crippen LogP contribution in [0.25, 0.3) is 16.6 Å². The zero-order valence-electron chi connectivity index (χ0n) is 18.7. The van der Waals surface area contributed by atoms with Gasteiger partial charge in [-0.3, -0.25) is 14.2 Å². The molecule has 0 atom stereocenters. The van der Waals surface area contributed by atoms with Crippen LogP contribution in [0.5, 0.6) is 11.8 Å². The lowest BCUT2D eigenvalue weighted by Crippen LogP contribution is -2.33. The molecule has 2 aromatic heterocycles. The number of phenols is 1. The first-order valence-corrected chi connectivity index (χ1v) is 10.3. The number of fused-ring (bicyclic) bond motifs is 1. The predicted octanol–water partition coefficient (Wildman–Crippen LogP) is 3.10. The number of halogens is 4. The van der Waals surface area contributed by atoms with Crippen LogP contribution in [0.2, 0.25) is 0 Å². The highest BCUT2D eigenvalue weighted by Crippen LogP contribution is 2.36. The molecule has 0 bridgehead atoms. The third kappa shape index (κ3) is 5.03. The number of benzene rings is 1. The Morgan fingerprint density at radius 2 is 2.06 bits per heavy atom. The van der Waals surface area contributed by atoms with Crippen molar-refractivity contribution in [3.05, 3.63) is 58.8 Å². The van der Waals surface area contributed by atoms with Crippen LogP contribution >= 0.6 is 0 Å². The summed E-state index contributed by atoms with van der Waals surface area (Å²) < 4.78 is 61.5. The SMILES string of the molecule is C=CC(=O)N(CC)CCNc1nc(OC)nc2c(=O)n(-c3c(O)cccc3F)c(C(F)(F)F)cc12. The molecule has 186 valence electrons. The Morgan fingerprint density at radius 3 is 2.63 bits per heavy atom. The number of hydrogen-bond acceptors (Lipinski definition) is 7. The molecule has 2 heterocycles. The average Bonchev–Trinajstić information content (AvgIpc) is 2.81. The quantitative estimate of drug-likeness (QED) is 0.365. The fourth-order valence-electron chi connectivity index (χ4n) is 3.41. The molecule has 13 heteroatoms. The molecule has 9 nitrogen and oxygen atoms in total. The first-order chi connectivity index (χ1) is 16.5. The van der Waals surface area contributed by atoms with Gasteiger partial charge in [0, 0.05) is 19.6 Å². The highest BCUT2D eigenvalue weighted by molar-refractivity contribution is 5.90. The fourth-order valence-corrected chi connectivity index (χ4v) is 3.41. The van der Waals surface area contributed by atoms with Gasteiger partial charge in [-0.15, -0.1) is 0 Å². The number of phenolic OH excluding ortho intramolecular Hbond substituents is 1. The summed E-state index contributed by atoms with van der Waals surface area (Å²) in [5.41, 5.74) is -4.38. The number of amides is 1. The summed E-state index contributed by atoms with van der Waals surface area (Å²) in [5, 5.41) is 12.6. The van der Waals surface area contributed by atoms with E-state index in [4.69, 9.17) is 4.74 Å². The summed E-state index contributed by atoms with van der Waals surface area (Å²) in [6.45, 7) is 5.71. The van der Waals surface area contributed by atoms with Gasteiger partial charge in [-0.25, -0.2) is 4.39 Å². The van der Waals surface area contributed by atoms with Crippen LogP contribution in [-0.2, 0) is 11.0 Å². The topological polar surface area (TPSA) is 110 Å². The minimum atomic E-state index is -5.12. The van der Waals surface area contributed by atoms with Crippen molar-refractivity contribution < 1.29 is 32.2 Å². The molecule has 3 rings (SSSR count). The molecule has 0 saturated carbocycles. The fraction of sp³-hybridized carbons (Fsp3) is 0.273. The number of methoxy groups -OCH3 is 1. The van der Waals surface area contributed by atoms with Gasteiger partial charge in [-0.05, 0) is 31.2 Å². The van der Waals surface area contributed by atoms with E-state index in [0.717, 1.165) is 24.3 Å². The Kier molecular flexibility index (Phi) is 7.27. The second kappa shape index (κ2) is 9.99. The van der Waals surface area contributed by atoms with Gasteiger partial charge in [0.25, 0.3) is 5.56 Å². The van der Waals surface area contributed by atoms with Gasteiger partial charge in [0.1, 0.15) is 28.5 Å². The molecule has 0 saturated heterocycles. The number of alkyl halides is 3. The lowest BCUT2D eigenvalue weighted by atomic mass is 10.2. The predicted molar refractivity (Wildman–Crippen MR) is 119 cm³/mol. The zero-order valence-corrected chi connectivity index (χ0v) is 18.7. The number of rotatable bonds is 8. The normalized spacial score (nSPS) is 11.4. The number of ether oxygens (including phenoxy) is 1. The number of carbonyl (C=O) groups is 1. The van der Waals surface area contributed by atoms with Gasteiger partial charge >= 0.3 is 12.2 Å². The van der Waals surface area contributed by atoms with Gasteiger partial charge < -0.3 is 20.1 Å². The van der Waals surface area contributed by atoms with Crippen molar-refractivity contribution in [3.8, 4) is 17.4 Å². The maximum Gasteiger partial charge on any atom is 0.431 e. The summed E-state index contributed by atoms with van der Waals surface area (Å²) >= 11 is 0. The average molecular weight is 495 g/mol. The number of nitrogens with one attached hydrogen (secondary N) is 1. The van der Waals surface area contributed by atoms with Crippen LogP contribution in [0.3, 0.4) is 0 Å². The summed E-state index contributed by atoms with van der Waals surface area (Å²) in [6, 6.07) is 3.08. The van der Waals surface area contributed by atoms with Gasteiger partial charge in [0.05, 0.1) is 12.5 Å². The Morgan fingerprint density at radius 1 is 1.34 bits per heavy atom. The first kappa shape index (κ1) is 25.5. The maximum atomic E-state index is 14.5. The molecule has 0 aliphatic heterocycles. The van der Waals surface area contributed by atoms with Crippen molar-refractivity contribution >= 4 is 22.6 Å². The second-order valence-electron chi connectivity index (χ2n) is 7.15. The second-order valence-corrected chi connectivity index (χ2v) is 7.15. The molecule has 0 unspecified atom stereocenters. The number of anilines is 1. The van der Waals surface area contributed by atoms with Crippen molar-refractivity contribution in [2.45, 2.75) is 13.1 Å². The Balaban J connectivity index is 2.23. The van der Waals surface area contributed by atoms with E-state index in [1.165, 1.54) is 12.0 Å². The molecule has 2 N–H and O–H groups in total. The van der Waals surface area contributed by atoms with E-state index in [0.29, 0.717) is 12.6 Å². The molecule has 0 radical (unpaired) electrons. The lowest BCUT2D eigenvalue weighted by Gasteiger charge is -2.21. The summed E-state index contributed by atoms with van der Waals surface area (Å²) in [6.07, 6.45) is -3.99. The standard InChI is InChI=1S/C22H21F4N5O4/c1-4-16(33)30(5-2)10-9-27-19-12-11-15(22(24,25)26)31(18-13(23)7-6-8-14(18)32)20(34)17(12)28-21(29-19)35-3/h4,6-8,11,32H,1,5,9-10H2,2-3H3,(H,27,28,29). The number of aromatic nitrogens is 3. The van der Waals surface area contributed by atoms with E-state index in [1.54, 1.807) is 6.92 Å². The minimum Gasteiger partial charge on any atom is -0.506 e. The number of nitrogens with zero attached hydrogens (tertiary/aromatic N) is 4. The largest absolute Gasteiger partial charge is 0.506 e. The summed E-state index contributed by atoms with van der Waals surface area (Å²) in [4.78, 5) is 34.4. The highest BCUT2D eigenvalue weighted by Gasteiger charge is 2.37. The third-order valence-corrected chi connectivity index (χ3v) is 5.06. The van der Waals surface area contributed by atoms with E-state index in [-0.39, 0.29) is 40.8 Å². The smallest absolute Gasteiger partial charge is 0.431 e. The van der Waals surface area contributed by atoms with Gasteiger partial charge in [-0.2, -0.15) is 23.1 Å². The molecular formula is C22H21F4N5O4. The number of carbonyl (C=O) groups excluding carboxylic acids is 1. The molecule has 3 aromatic rings. The van der Waals surface area contributed by atoms with Crippen LogP contribution in [0.1, 0.15) is 12.6 Å². The molecule has 0 aliphatic carbocycles. The Hall–Kier alpha value is -4.16. The van der Waals surface area contributed by atoms with Crippen LogP contribution in [0, 0.1) is 5.82 Å². The molecule has 0 fully saturated rings. The molecule has 35 heavy (non-hydrogen) atoms. The monoisotopic (exact) mass is 495 g/mol. The number of aromatic hydroxyl groups is 1. The van der Waals surface area contributed by atoms with Crippen molar-refractivity contribution in [1.82, 2.24) is 19.4 Å². The number of likely N-dealkylation sites (N-methyl/N-ethyl adjacent to an activating group) is 1. The lowest BCUT2D eigenvalue weighted by molar-refractivity contribution is -0.142. The van der Waals surface area contributed by atoms with Crippen molar-refractivity contribution in [3.63, 3.8) is 0 Å². The van der Waals surface area contributed by atoms with E-state index in [9.17, 15) is 32.3 Å². The number of hydrogen-bond donors (Lipinski definition) is 2. The van der Waals surface area contributed by atoms with Crippen molar-refractivity contribution in [2.75, 3.05) is 32.1 Å². The van der Waals surface area contributed by atoms with Crippen LogP contribution in [0.4, 0.5) is 23.4 Å².